The van der Waals surface area contributed by atoms with Crippen molar-refractivity contribution in [3.8, 4) is 5.88 Å². The van der Waals surface area contributed by atoms with Gasteiger partial charge in [-0.25, -0.2) is 4.98 Å². The van der Waals surface area contributed by atoms with Crippen LogP contribution in [-0.2, 0) is 6.54 Å². The van der Waals surface area contributed by atoms with Gasteiger partial charge in [-0.05, 0) is 51.1 Å². The molecular weight excluding hydrogens is 274 g/mol. The average Bonchev–Trinajstić information content (AvgIpc) is 2.77. The minimum absolute atomic E-state index is 0.545. The van der Waals surface area contributed by atoms with Gasteiger partial charge in [-0.15, -0.1) is 0 Å². The molecule has 0 saturated carbocycles. The van der Waals surface area contributed by atoms with E-state index < -0.39 is 0 Å². The molecule has 2 aromatic rings. The molecule has 3 heterocycles. The van der Waals surface area contributed by atoms with Gasteiger partial charge >= 0.3 is 0 Å². The molecule has 0 aliphatic carbocycles. The predicted octanol–water partition coefficient (Wildman–Crippen LogP) is 1.84. The molecule has 7 heteroatoms. The molecule has 1 aliphatic rings. The summed E-state index contributed by atoms with van der Waals surface area (Å²) in [5.41, 5.74) is 1.62. The largest absolute Gasteiger partial charge is 0.479 e. The molecule has 20 heavy (non-hydrogen) atoms. The molecule has 1 aliphatic heterocycles. The lowest BCUT2D eigenvalue weighted by Crippen LogP contribution is -2.31. The molecule has 1 N–H and O–H groups in total. The number of hydrogen-bond donors (Lipinski definition) is 1. The zero-order valence-electron chi connectivity index (χ0n) is 11.8. The number of rotatable bonds is 3. The van der Waals surface area contributed by atoms with Gasteiger partial charge in [-0.3, -0.25) is 0 Å². The summed E-state index contributed by atoms with van der Waals surface area (Å²) >= 11 is 5.43. The number of H-pyrrole nitrogens is 1. The highest BCUT2D eigenvalue weighted by Gasteiger charge is 2.19. The lowest BCUT2D eigenvalue weighted by molar-refractivity contribution is 0.205. The topological polar surface area (TPSA) is 59.0 Å². The SMILES string of the molecule is COc1ncnc2c1[nH]c(=S)n2CC1CCN(C)CC1. The zero-order chi connectivity index (χ0) is 14.1. The van der Waals surface area contributed by atoms with Crippen molar-refractivity contribution >= 4 is 23.4 Å². The molecule has 0 amide bonds. The molecule has 0 bridgehead atoms. The molecular formula is C13H19N5OS. The maximum absolute atomic E-state index is 5.43. The van der Waals surface area contributed by atoms with Gasteiger partial charge in [-0.2, -0.15) is 4.98 Å². The number of nitrogens with one attached hydrogen (secondary N) is 1. The third-order valence-corrected chi connectivity index (χ3v) is 4.32. The van der Waals surface area contributed by atoms with Gasteiger partial charge in [0.25, 0.3) is 0 Å². The summed E-state index contributed by atoms with van der Waals surface area (Å²) in [6, 6.07) is 0. The van der Waals surface area contributed by atoms with E-state index in [9.17, 15) is 0 Å². The lowest BCUT2D eigenvalue weighted by atomic mass is 9.97. The Bertz CT molecular complexity index is 656. The second-order valence-corrected chi connectivity index (χ2v) is 5.76. The van der Waals surface area contributed by atoms with Crippen LogP contribution in [-0.4, -0.2) is 51.7 Å². The average molecular weight is 293 g/mol. The maximum atomic E-state index is 5.43. The van der Waals surface area contributed by atoms with E-state index in [2.05, 4.69) is 31.5 Å². The highest BCUT2D eigenvalue weighted by atomic mass is 32.1. The number of ether oxygens (including phenoxy) is 1. The van der Waals surface area contributed by atoms with Crippen LogP contribution >= 0.6 is 12.2 Å². The fourth-order valence-electron chi connectivity index (χ4n) is 2.77. The summed E-state index contributed by atoms with van der Waals surface area (Å²) in [4.78, 5) is 14.0. The minimum Gasteiger partial charge on any atom is -0.479 e. The van der Waals surface area contributed by atoms with E-state index in [1.807, 2.05) is 0 Å². The van der Waals surface area contributed by atoms with Gasteiger partial charge in [-0.1, -0.05) is 0 Å². The molecule has 0 spiro atoms. The monoisotopic (exact) mass is 293 g/mol. The molecule has 0 atom stereocenters. The van der Waals surface area contributed by atoms with Crippen LogP contribution < -0.4 is 4.74 Å². The zero-order valence-corrected chi connectivity index (χ0v) is 12.6. The summed E-state index contributed by atoms with van der Waals surface area (Å²) in [6.45, 7) is 3.21. The maximum Gasteiger partial charge on any atom is 0.242 e. The van der Waals surface area contributed by atoms with Gasteiger partial charge < -0.3 is 19.2 Å². The molecule has 1 fully saturated rings. The van der Waals surface area contributed by atoms with E-state index in [1.165, 1.54) is 19.2 Å². The van der Waals surface area contributed by atoms with E-state index in [-0.39, 0.29) is 0 Å². The number of imidazole rings is 1. The van der Waals surface area contributed by atoms with Crippen LogP contribution in [0.2, 0.25) is 0 Å². The second kappa shape index (κ2) is 5.49. The van der Waals surface area contributed by atoms with Crippen molar-refractivity contribution in [2.24, 2.45) is 5.92 Å². The number of aromatic amines is 1. The van der Waals surface area contributed by atoms with Gasteiger partial charge in [0.1, 0.15) is 11.8 Å². The first kappa shape index (κ1) is 13.5. The van der Waals surface area contributed by atoms with Crippen LogP contribution in [0.4, 0.5) is 0 Å². The Balaban J connectivity index is 1.92. The smallest absolute Gasteiger partial charge is 0.242 e. The van der Waals surface area contributed by atoms with Crippen LogP contribution in [0.5, 0.6) is 5.88 Å². The van der Waals surface area contributed by atoms with E-state index in [4.69, 9.17) is 17.0 Å². The first-order valence-electron chi connectivity index (χ1n) is 6.85. The van der Waals surface area contributed by atoms with Crippen molar-refractivity contribution in [3.63, 3.8) is 0 Å². The van der Waals surface area contributed by atoms with Gasteiger partial charge in [0.05, 0.1) is 7.11 Å². The Labute approximate surface area is 122 Å². The molecule has 0 unspecified atom stereocenters. The summed E-state index contributed by atoms with van der Waals surface area (Å²) in [5.74, 6) is 1.20. The second-order valence-electron chi connectivity index (χ2n) is 5.37. The van der Waals surface area contributed by atoms with Gasteiger partial charge in [0.15, 0.2) is 10.4 Å². The Morgan fingerprint density at radius 1 is 1.40 bits per heavy atom. The Morgan fingerprint density at radius 2 is 2.15 bits per heavy atom. The minimum atomic E-state index is 0.545. The third-order valence-electron chi connectivity index (χ3n) is 4.00. The van der Waals surface area contributed by atoms with Crippen molar-refractivity contribution in [2.45, 2.75) is 19.4 Å². The summed E-state index contributed by atoms with van der Waals surface area (Å²) in [6.07, 6.45) is 3.93. The van der Waals surface area contributed by atoms with Crippen LogP contribution in [0.25, 0.3) is 11.2 Å². The van der Waals surface area contributed by atoms with Crippen LogP contribution in [0, 0.1) is 10.7 Å². The summed E-state index contributed by atoms with van der Waals surface area (Å²) < 4.78 is 8.02. The van der Waals surface area contributed by atoms with Crippen LogP contribution in [0.15, 0.2) is 6.33 Å². The fourth-order valence-corrected chi connectivity index (χ4v) is 3.04. The predicted molar refractivity (Wildman–Crippen MR) is 79.5 cm³/mol. The number of likely N-dealkylation sites (tertiary alicyclic amines) is 1. The highest BCUT2D eigenvalue weighted by molar-refractivity contribution is 7.71. The van der Waals surface area contributed by atoms with Crippen LogP contribution in [0.1, 0.15) is 12.8 Å². The summed E-state index contributed by atoms with van der Waals surface area (Å²) in [7, 11) is 3.78. The molecule has 108 valence electrons. The summed E-state index contributed by atoms with van der Waals surface area (Å²) in [5, 5.41) is 0. The van der Waals surface area contributed by atoms with Crippen molar-refractivity contribution in [3.05, 3.63) is 11.1 Å². The van der Waals surface area contributed by atoms with Crippen LogP contribution in [0.3, 0.4) is 0 Å². The first-order chi connectivity index (χ1) is 9.69. The van der Waals surface area contributed by atoms with E-state index in [1.54, 1.807) is 7.11 Å². The van der Waals surface area contributed by atoms with E-state index in [0.29, 0.717) is 16.6 Å². The number of aromatic nitrogens is 4. The molecule has 0 aromatic carbocycles. The fraction of sp³-hybridized carbons (Fsp3) is 0.615. The van der Waals surface area contributed by atoms with Crippen molar-refractivity contribution in [1.29, 1.82) is 0 Å². The van der Waals surface area contributed by atoms with E-state index in [0.717, 1.165) is 30.8 Å². The van der Waals surface area contributed by atoms with Crippen molar-refractivity contribution < 1.29 is 4.74 Å². The van der Waals surface area contributed by atoms with E-state index >= 15 is 0 Å². The molecule has 1 saturated heterocycles. The Kier molecular flexibility index (Phi) is 3.71. The normalized spacial score (nSPS) is 17.7. The quantitative estimate of drug-likeness (QED) is 0.875. The highest BCUT2D eigenvalue weighted by Crippen LogP contribution is 2.24. The molecule has 0 radical (unpaired) electrons. The van der Waals surface area contributed by atoms with Gasteiger partial charge in [0.2, 0.25) is 5.88 Å². The molecule has 3 rings (SSSR count). The van der Waals surface area contributed by atoms with Crippen molar-refractivity contribution in [1.82, 2.24) is 24.4 Å². The number of methoxy groups -OCH3 is 1. The third kappa shape index (κ3) is 2.43. The number of hydrogen-bond acceptors (Lipinski definition) is 5. The standard InChI is InChI=1S/C13H19N5OS/c1-17-5-3-9(4-6-17)7-18-11-10(16-13(18)20)12(19-2)15-8-14-11/h8-9H,3-7H2,1-2H3,(H,16,20). The number of piperidine rings is 1. The lowest BCUT2D eigenvalue weighted by Gasteiger charge is -2.29. The van der Waals surface area contributed by atoms with Crippen molar-refractivity contribution in [2.75, 3.05) is 27.2 Å². The molecule has 6 nitrogen and oxygen atoms in total. The Hall–Kier alpha value is -1.47. The van der Waals surface area contributed by atoms with Gasteiger partial charge in [0, 0.05) is 6.54 Å². The Morgan fingerprint density at radius 3 is 2.85 bits per heavy atom. The number of fused-ring (bicyclic) bond motifs is 1. The molecule has 2 aromatic heterocycles. The first-order valence-corrected chi connectivity index (χ1v) is 7.26. The number of nitrogens with zero attached hydrogens (tertiary/aromatic N) is 4.